The van der Waals surface area contributed by atoms with Crippen LogP contribution < -0.4 is 10.1 Å². The second kappa shape index (κ2) is 9.43. The fourth-order valence-electron chi connectivity index (χ4n) is 2.89. The van der Waals surface area contributed by atoms with E-state index < -0.39 is 5.41 Å². The first-order valence-electron chi connectivity index (χ1n) is 9.55. The van der Waals surface area contributed by atoms with Gasteiger partial charge in [-0.15, -0.1) is 0 Å². The summed E-state index contributed by atoms with van der Waals surface area (Å²) in [6, 6.07) is 7.01. The van der Waals surface area contributed by atoms with Crippen LogP contribution in [0.15, 0.2) is 24.3 Å². The minimum Gasteiger partial charge on any atom is -0.494 e. The van der Waals surface area contributed by atoms with Gasteiger partial charge in [0.25, 0.3) is 0 Å². The largest absolute Gasteiger partial charge is 0.494 e. The van der Waals surface area contributed by atoms with E-state index in [0.29, 0.717) is 45.1 Å². The average Bonchev–Trinajstić information content (AvgIpc) is 2.69. The first-order chi connectivity index (χ1) is 13.3. The maximum absolute atomic E-state index is 12.9. The van der Waals surface area contributed by atoms with E-state index in [2.05, 4.69) is 5.32 Å². The second-order valence-electron chi connectivity index (χ2n) is 7.01. The zero-order valence-electron chi connectivity index (χ0n) is 17.0. The molecule has 0 bridgehead atoms. The molecule has 1 aromatic carbocycles. The molecule has 1 aromatic rings. The van der Waals surface area contributed by atoms with E-state index in [0.717, 1.165) is 5.75 Å². The molecule has 8 heteroatoms. The highest BCUT2D eigenvalue weighted by molar-refractivity contribution is 6.09. The third-order valence-corrected chi connectivity index (χ3v) is 4.62. The van der Waals surface area contributed by atoms with Gasteiger partial charge in [-0.3, -0.25) is 9.59 Å². The van der Waals surface area contributed by atoms with Crippen molar-refractivity contribution in [3.63, 3.8) is 0 Å². The smallest absolute Gasteiger partial charge is 0.409 e. The SMILES string of the molecule is CCOC(=O)N1CCN(C(=O)C(C)(C)C(=O)Nc2ccc(OCC)cc2)CC1. The molecule has 3 amide bonds. The van der Waals surface area contributed by atoms with Crippen LogP contribution in [0.3, 0.4) is 0 Å². The number of hydrogen-bond acceptors (Lipinski definition) is 5. The molecule has 0 radical (unpaired) electrons. The first-order valence-corrected chi connectivity index (χ1v) is 9.55. The zero-order chi connectivity index (χ0) is 20.7. The van der Waals surface area contributed by atoms with Crippen molar-refractivity contribution in [3.05, 3.63) is 24.3 Å². The van der Waals surface area contributed by atoms with Gasteiger partial charge in [0.15, 0.2) is 0 Å². The number of anilines is 1. The lowest BCUT2D eigenvalue weighted by Crippen LogP contribution is -2.55. The molecular formula is C20H29N3O5. The van der Waals surface area contributed by atoms with Gasteiger partial charge in [0.05, 0.1) is 13.2 Å². The van der Waals surface area contributed by atoms with Crippen LogP contribution >= 0.6 is 0 Å². The molecule has 0 aliphatic carbocycles. The molecule has 0 spiro atoms. The lowest BCUT2D eigenvalue weighted by molar-refractivity contribution is -0.147. The van der Waals surface area contributed by atoms with Crippen LogP contribution in [-0.4, -0.2) is 67.1 Å². The molecule has 1 aliphatic heterocycles. The van der Waals surface area contributed by atoms with Crippen LogP contribution in [0.4, 0.5) is 10.5 Å². The second-order valence-corrected chi connectivity index (χ2v) is 7.01. The summed E-state index contributed by atoms with van der Waals surface area (Å²) in [5.41, 5.74) is -0.633. The van der Waals surface area contributed by atoms with Gasteiger partial charge in [0.1, 0.15) is 11.2 Å². The number of nitrogens with zero attached hydrogens (tertiary/aromatic N) is 2. The number of carbonyl (C=O) groups is 3. The zero-order valence-corrected chi connectivity index (χ0v) is 17.0. The van der Waals surface area contributed by atoms with Crippen molar-refractivity contribution in [3.8, 4) is 5.75 Å². The number of carbonyl (C=O) groups excluding carboxylic acids is 3. The van der Waals surface area contributed by atoms with E-state index in [-0.39, 0.29) is 17.9 Å². The molecule has 0 unspecified atom stereocenters. The molecular weight excluding hydrogens is 362 g/mol. The minimum atomic E-state index is -1.23. The minimum absolute atomic E-state index is 0.264. The number of rotatable bonds is 6. The molecule has 1 N–H and O–H groups in total. The van der Waals surface area contributed by atoms with Crippen molar-refractivity contribution >= 4 is 23.6 Å². The van der Waals surface area contributed by atoms with Gasteiger partial charge >= 0.3 is 6.09 Å². The van der Waals surface area contributed by atoms with E-state index in [9.17, 15) is 14.4 Å². The van der Waals surface area contributed by atoms with Crippen molar-refractivity contribution in [1.29, 1.82) is 0 Å². The molecule has 1 saturated heterocycles. The normalized spacial score (nSPS) is 14.4. The quantitative estimate of drug-likeness (QED) is 0.752. The summed E-state index contributed by atoms with van der Waals surface area (Å²) >= 11 is 0. The van der Waals surface area contributed by atoms with E-state index >= 15 is 0 Å². The summed E-state index contributed by atoms with van der Waals surface area (Å²) in [7, 11) is 0. The van der Waals surface area contributed by atoms with Gasteiger partial charge < -0.3 is 24.6 Å². The molecule has 2 rings (SSSR count). The van der Waals surface area contributed by atoms with Crippen LogP contribution in [0, 0.1) is 5.41 Å². The van der Waals surface area contributed by atoms with Crippen molar-refractivity contribution in [2.45, 2.75) is 27.7 Å². The molecule has 1 aliphatic rings. The highest BCUT2D eigenvalue weighted by Gasteiger charge is 2.40. The first kappa shape index (κ1) is 21.5. The van der Waals surface area contributed by atoms with Gasteiger partial charge in [-0.1, -0.05) is 0 Å². The summed E-state index contributed by atoms with van der Waals surface area (Å²) in [5.74, 6) is 0.0734. The Morgan fingerprint density at radius 3 is 2.07 bits per heavy atom. The van der Waals surface area contributed by atoms with Crippen LogP contribution in [0.5, 0.6) is 5.75 Å². The Morgan fingerprint density at radius 1 is 0.964 bits per heavy atom. The van der Waals surface area contributed by atoms with Crippen LogP contribution in [0.1, 0.15) is 27.7 Å². The van der Waals surface area contributed by atoms with Crippen molar-refractivity contribution in [2.75, 3.05) is 44.7 Å². The Bertz CT molecular complexity index is 694. The predicted octanol–water partition coefficient (Wildman–Crippen LogP) is 2.35. The highest BCUT2D eigenvalue weighted by Crippen LogP contribution is 2.24. The predicted molar refractivity (Wildman–Crippen MR) is 105 cm³/mol. The van der Waals surface area contributed by atoms with Crippen LogP contribution in [0.2, 0.25) is 0 Å². The molecule has 1 fully saturated rings. The number of hydrogen-bond donors (Lipinski definition) is 1. The summed E-state index contributed by atoms with van der Waals surface area (Å²) in [6.07, 6.45) is -0.373. The molecule has 28 heavy (non-hydrogen) atoms. The molecule has 154 valence electrons. The van der Waals surface area contributed by atoms with Gasteiger partial charge in [-0.05, 0) is 52.0 Å². The monoisotopic (exact) mass is 391 g/mol. The lowest BCUT2D eigenvalue weighted by atomic mass is 9.89. The van der Waals surface area contributed by atoms with Gasteiger partial charge in [-0.25, -0.2) is 4.79 Å². The number of nitrogens with one attached hydrogen (secondary N) is 1. The van der Waals surface area contributed by atoms with E-state index in [1.54, 1.807) is 54.8 Å². The van der Waals surface area contributed by atoms with E-state index in [1.807, 2.05) is 6.92 Å². The van der Waals surface area contributed by atoms with Gasteiger partial charge in [-0.2, -0.15) is 0 Å². The molecule has 0 aromatic heterocycles. The van der Waals surface area contributed by atoms with E-state index in [1.165, 1.54) is 0 Å². The molecule has 0 saturated carbocycles. The lowest BCUT2D eigenvalue weighted by Gasteiger charge is -2.37. The number of piperazine rings is 1. The Balaban J connectivity index is 1.94. The number of amides is 3. The van der Waals surface area contributed by atoms with Crippen LogP contribution in [-0.2, 0) is 14.3 Å². The third kappa shape index (κ3) is 5.15. The number of ether oxygens (including phenoxy) is 2. The fraction of sp³-hybridized carbons (Fsp3) is 0.550. The van der Waals surface area contributed by atoms with Crippen molar-refractivity contribution in [2.24, 2.45) is 5.41 Å². The van der Waals surface area contributed by atoms with E-state index in [4.69, 9.17) is 9.47 Å². The fourth-order valence-corrected chi connectivity index (χ4v) is 2.89. The average molecular weight is 391 g/mol. The summed E-state index contributed by atoms with van der Waals surface area (Å²) in [5, 5.41) is 2.79. The summed E-state index contributed by atoms with van der Waals surface area (Å²) in [6.45, 7) is 9.28. The summed E-state index contributed by atoms with van der Waals surface area (Å²) in [4.78, 5) is 40.6. The Hall–Kier alpha value is -2.77. The maximum atomic E-state index is 12.9. The highest BCUT2D eigenvalue weighted by atomic mass is 16.6. The molecule has 0 atom stereocenters. The molecule has 1 heterocycles. The Morgan fingerprint density at radius 2 is 1.54 bits per heavy atom. The van der Waals surface area contributed by atoms with Gasteiger partial charge in [0.2, 0.25) is 11.8 Å². The van der Waals surface area contributed by atoms with Crippen LogP contribution in [0.25, 0.3) is 0 Å². The van der Waals surface area contributed by atoms with Crippen molar-refractivity contribution < 1.29 is 23.9 Å². The Labute approximate surface area is 165 Å². The topological polar surface area (TPSA) is 88.2 Å². The maximum Gasteiger partial charge on any atom is 0.409 e. The third-order valence-electron chi connectivity index (χ3n) is 4.62. The standard InChI is InChI=1S/C20H29N3O5/c1-5-27-16-9-7-15(8-10-16)21-17(24)20(3,4)18(25)22-11-13-23(14-12-22)19(26)28-6-2/h7-10H,5-6,11-14H2,1-4H3,(H,21,24). The number of benzene rings is 1. The van der Waals surface area contributed by atoms with Crippen molar-refractivity contribution in [1.82, 2.24) is 9.80 Å². The summed E-state index contributed by atoms with van der Waals surface area (Å²) < 4.78 is 10.4. The Kier molecular flexibility index (Phi) is 7.25. The van der Waals surface area contributed by atoms with Gasteiger partial charge in [0, 0.05) is 31.9 Å². The molecule has 8 nitrogen and oxygen atoms in total.